The first-order chi connectivity index (χ1) is 8.65. The predicted molar refractivity (Wildman–Crippen MR) is 60.2 cm³/mol. The second-order valence-corrected chi connectivity index (χ2v) is 4.95. The second-order valence-electron chi connectivity index (χ2n) is 4.95. The topological polar surface area (TPSA) is 83.6 Å². The third-order valence-corrected chi connectivity index (χ3v) is 3.29. The Morgan fingerprint density at radius 3 is 2.67 bits per heavy atom. The summed E-state index contributed by atoms with van der Waals surface area (Å²) in [5, 5.41) is 12.7. The lowest BCUT2D eigenvalue weighted by molar-refractivity contribution is -0.137. The highest BCUT2D eigenvalue weighted by atomic mass is 16.5. The lowest BCUT2D eigenvalue weighted by Crippen LogP contribution is -2.37. The zero-order chi connectivity index (χ0) is 12.7. The molecule has 96 valence electrons. The fraction of sp³-hybridized carbons (Fsp3) is 0.583. The summed E-state index contributed by atoms with van der Waals surface area (Å²) in [6, 6.07) is 1.69. The molecule has 0 unspecified atom stereocenters. The zero-order valence-corrected chi connectivity index (χ0v) is 9.83. The summed E-state index contributed by atoms with van der Waals surface area (Å²) in [6.45, 7) is -0.275. The standard InChI is InChI=1S/C12H14N2O4/c15-11(16)6-14(8-3-4-8)12(17)10-5-9(13-18-10)7-1-2-7/h5,7-8H,1-4,6H2,(H,15,16). The van der Waals surface area contributed by atoms with Crippen LogP contribution >= 0.6 is 0 Å². The van der Waals surface area contributed by atoms with Gasteiger partial charge in [-0.3, -0.25) is 9.59 Å². The minimum absolute atomic E-state index is 0.0445. The van der Waals surface area contributed by atoms with E-state index in [0.717, 1.165) is 31.4 Å². The van der Waals surface area contributed by atoms with E-state index in [1.165, 1.54) is 4.90 Å². The van der Waals surface area contributed by atoms with Crippen LogP contribution in [0.15, 0.2) is 10.6 Å². The average Bonchev–Trinajstić information content (AvgIpc) is 3.24. The van der Waals surface area contributed by atoms with E-state index < -0.39 is 5.97 Å². The van der Waals surface area contributed by atoms with Crippen molar-refractivity contribution in [1.29, 1.82) is 0 Å². The molecule has 2 saturated carbocycles. The third kappa shape index (κ3) is 2.23. The van der Waals surface area contributed by atoms with Gasteiger partial charge in [0.1, 0.15) is 6.54 Å². The van der Waals surface area contributed by atoms with Crippen LogP contribution in [0.1, 0.15) is 47.8 Å². The molecule has 2 aliphatic rings. The highest BCUT2D eigenvalue weighted by molar-refractivity contribution is 5.93. The van der Waals surface area contributed by atoms with Gasteiger partial charge in [0.25, 0.3) is 5.91 Å². The largest absolute Gasteiger partial charge is 0.480 e. The molecule has 1 heterocycles. The van der Waals surface area contributed by atoms with Crippen molar-refractivity contribution in [3.8, 4) is 0 Å². The molecular weight excluding hydrogens is 236 g/mol. The van der Waals surface area contributed by atoms with Crippen LogP contribution in [-0.2, 0) is 4.79 Å². The number of carboxylic acid groups (broad SMARTS) is 1. The van der Waals surface area contributed by atoms with Crippen LogP contribution < -0.4 is 0 Å². The molecule has 0 aromatic carbocycles. The van der Waals surface area contributed by atoms with Crippen molar-refractivity contribution in [2.45, 2.75) is 37.6 Å². The number of carbonyl (C=O) groups excluding carboxylic acids is 1. The van der Waals surface area contributed by atoms with Gasteiger partial charge in [0, 0.05) is 18.0 Å². The van der Waals surface area contributed by atoms with E-state index in [4.69, 9.17) is 9.63 Å². The maximum atomic E-state index is 12.1. The van der Waals surface area contributed by atoms with Crippen molar-refractivity contribution in [1.82, 2.24) is 10.1 Å². The van der Waals surface area contributed by atoms with E-state index >= 15 is 0 Å². The molecule has 1 aromatic rings. The third-order valence-electron chi connectivity index (χ3n) is 3.29. The molecule has 3 rings (SSSR count). The van der Waals surface area contributed by atoms with Gasteiger partial charge in [-0.05, 0) is 25.7 Å². The number of carbonyl (C=O) groups is 2. The number of hydrogen-bond donors (Lipinski definition) is 1. The number of aliphatic carboxylic acids is 1. The summed E-state index contributed by atoms with van der Waals surface area (Å²) in [7, 11) is 0. The maximum absolute atomic E-state index is 12.1. The lowest BCUT2D eigenvalue weighted by atomic mass is 10.2. The van der Waals surface area contributed by atoms with Crippen molar-refractivity contribution < 1.29 is 19.2 Å². The Balaban J connectivity index is 1.75. The van der Waals surface area contributed by atoms with Crippen molar-refractivity contribution in [2.24, 2.45) is 0 Å². The monoisotopic (exact) mass is 250 g/mol. The molecule has 0 saturated heterocycles. The van der Waals surface area contributed by atoms with Gasteiger partial charge in [-0.25, -0.2) is 0 Å². The average molecular weight is 250 g/mol. The molecular formula is C12H14N2O4. The van der Waals surface area contributed by atoms with Crippen molar-refractivity contribution in [2.75, 3.05) is 6.54 Å². The Hall–Kier alpha value is -1.85. The van der Waals surface area contributed by atoms with Gasteiger partial charge in [-0.15, -0.1) is 0 Å². The summed E-state index contributed by atoms with van der Waals surface area (Å²) in [4.78, 5) is 24.3. The number of aromatic nitrogens is 1. The van der Waals surface area contributed by atoms with Gasteiger partial charge in [0.2, 0.25) is 5.76 Å². The smallest absolute Gasteiger partial charge is 0.323 e. The maximum Gasteiger partial charge on any atom is 0.323 e. The van der Waals surface area contributed by atoms with Crippen LogP contribution in [0.5, 0.6) is 0 Å². The molecule has 1 N–H and O–H groups in total. The summed E-state index contributed by atoms with van der Waals surface area (Å²) < 4.78 is 5.03. The number of nitrogens with zero attached hydrogens (tertiary/aromatic N) is 2. The van der Waals surface area contributed by atoms with Crippen LogP contribution in [0.4, 0.5) is 0 Å². The van der Waals surface area contributed by atoms with Gasteiger partial charge in [0.15, 0.2) is 0 Å². The molecule has 0 bridgehead atoms. The fourth-order valence-electron chi connectivity index (χ4n) is 2.00. The zero-order valence-electron chi connectivity index (χ0n) is 9.83. The van der Waals surface area contributed by atoms with Crippen LogP contribution in [-0.4, -0.2) is 39.6 Å². The molecule has 0 radical (unpaired) electrons. The van der Waals surface area contributed by atoms with Crippen molar-refractivity contribution in [3.05, 3.63) is 17.5 Å². The Bertz CT molecular complexity index is 488. The Labute approximate surface area is 104 Å². The minimum Gasteiger partial charge on any atom is -0.480 e. The van der Waals surface area contributed by atoms with Crippen LogP contribution in [0.2, 0.25) is 0 Å². The highest BCUT2D eigenvalue weighted by Crippen LogP contribution is 2.39. The van der Waals surface area contributed by atoms with E-state index in [-0.39, 0.29) is 24.3 Å². The van der Waals surface area contributed by atoms with E-state index in [1.807, 2.05) is 0 Å². The van der Waals surface area contributed by atoms with E-state index in [0.29, 0.717) is 5.92 Å². The van der Waals surface area contributed by atoms with Gasteiger partial charge < -0.3 is 14.5 Å². The summed E-state index contributed by atoms with van der Waals surface area (Å²) >= 11 is 0. The van der Waals surface area contributed by atoms with Crippen LogP contribution in [0.25, 0.3) is 0 Å². The Kier molecular flexibility index (Phi) is 2.57. The number of hydrogen-bond acceptors (Lipinski definition) is 4. The Morgan fingerprint density at radius 1 is 1.39 bits per heavy atom. The minimum atomic E-state index is -1.00. The fourth-order valence-corrected chi connectivity index (χ4v) is 2.00. The molecule has 6 heteroatoms. The van der Waals surface area contributed by atoms with E-state index in [2.05, 4.69) is 5.16 Å². The first-order valence-corrected chi connectivity index (χ1v) is 6.14. The molecule has 0 atom stereocenters. The normalized spacial score (nSPS) is 18.7. The second kappa shape index (κ2) is 4.12. The number of rotatable bonds is 5. The predicted octanol–water partition coefficient (Wildman–Crippen LogP) is 1.24. The van der Waals surface area contributed by atoms with Gasteiger partial charge in [0.05, 0.1) is 5.69 Å². The highest BCUT2D eigenvalue weighted by Gasteiger charge is 2.36. The first-order valence-electron chi connectivity index (χ1n) is 6.14. The molecule has 6 nitrogen and oxygen atoms in total. The summed E-state index contributed by atoms with van der Waals surface area (Å²) in [5.41, 5.74) is 0.810. The summed E-state index contributed by atoms with van der Waals surface area (Å²) in [6.07, 6.45) is 3.90. The van der Waals surface area contributed by atoms with E-state index in [9.17, 15) is 9.59 Å². The Morgan fingerprint density at radius 2 is 2.11 bits per heavy atom. The molecule has 2 fully saturated rings. The molecule has 0 aliphatic heterocycles. The molecule has 0 spiro atoms. The van der Waals surface area contributed by atoms with Gasteiger partial charge in [-0.2, -0.15) is 0 Å². The lowest BCUT2D eigenvalue weighted by Gasteiger charge is -2.17. The first kappa shape index (κ1) is 11.3. The van der Waals surface area contributed by atoms with E-state index in [1.54, 1.807) is 6.07 Å². The number of carboxylic acids is 1. The van der Waals surface area contributed by atoms with Crippen LogP contribution in [0.3, 0.4) is 0 Å². The molecule has 1 aromatic heterocycles. The molecule has 18 heavy (non-hydrogen) atoms. The van der Waals surface area contributed by atoms with Crippen LogP contribution in [0, 0.1) is 0 Å². The van der Waals surface area contributed by atoms with Crippen molar-refractivity contribution in [3.63, 3.8) is 0 Å². The van der Waals surface area contributed by atoms with Gasteiger partial charge in [-0.1, -0.05) is 5.16 Å². The van der Waals surface area contributed by atoms with Gasteiger partial charge >= 0.3 is 5.97 Å². The SMILES string of the molecule is O=C(O)CN(C(=O)c1cc(C2CC2)no1)C1CC1. The summed E-state index contributed by atoms with van der Waals surface area (Å²) in [5.74, 6) is -0.786. The molecule has 2 aliphatic carbocycles. The van der Waals surface area contributed by atoms with Crippen molar-refractivity contribution >= 4 is 11.9 Å². The quantitative estimate of drug-likeness (QED) is 0.850. The number of amides is 1. The molecule has 1 amide bonds.